The molecule has 0 bridgehead atoms. The van der Waals surface area contributed by atoms with Crippen LogP contribution in [-0.2, 0) is 19.1 Å². The predicted molar refractivity (Wildman–Crippen MR) is 112 cm³/mol. The second kappa shape index (κ2) is 17.1. The molecule has 0 aromatic carbocycles. The number of rotatable bonds is 18. The molecular weight excluding hydrogens is 340 g/mol. The Kier molecular flexibility index (Phi) is 16.4. The van der Waals surface area contributed by atoms with Crippen molar-refractivity contribution in [2.24, 2.45) is 5.41 Å². The van der Waals surface area contributed by atoms with Gasteiger partial charge in [0.15, 0.2) is 5.41 Å². The lowest BCUT2D eigenvalue weighted by molar-refractivity contribution is -0.169. The van der Waals surface area contributed by atoms with Crippen LogP contribution in [0.5, 0.6) is 0 Å². The van der Waals surface area contributed by atoms with Crippen molar-refractivity contribution >= 4 is 11.9 Å². The maximum atomic E-state index is 12.2. The summed E-state index contributed by atoms with van der Waals surface area (Å²) in [6.07, 6.45) is 16.8. The van der Waals surface area contributed by atoms with Crippen molar-refractivity contribution < 1.29 is 19.1 Å². The van der Waals surface area contributed by atoms with Gasteiger partial charge in [0.05, 0.1) is 13.2 Å². The first-order chi connectivity index (χ1) is 13.0. The topological polar surface area (TPSA) is 52.6 Å². The SMILES string of the molecule is CCCCCCCCCCCCCOC(=O)C(C)(C)C(=O)OCCCCC. The van der Waals surface area contributed by atoms with Crippen molar-refractivity contribution in [3.63, 3.8) is 0 Å². The molecule has 160 valence electrons. The van der Waals surface area contributed by atoms with Gasteiger partial charge in [-0.15, -0.1) is 0 Å². The summed E-state index contributed by atoms with van der Waals surface area (Å²) in [7, 11) is 0. The third-order valence-corrected chi connectivity index (χ3v) is 4.98. The summed E-state index contributed by atoms with van der Waals surface area (Å²) in [5.41, 5.74) is -1.22. The van der Waals surface area contributed by atoms with Crippen molar-refractivity contribution in [2.45, 2.75) is 118 Å². The molecule has 0 N–H and O–H groups in total. The minimum absolute atomic E-state index is 0.377. The highest BCUT2D eigenvalue weighted by molar-refractivity contribution is 5.99. The first kappa shape index (κ1) is 25.9. The van der Waals surface area contributed by atoms with E-state index in [0.29, 0.717) is 13.2 Å². The van der Waals surface area contributed by atoms with Crippen LogP contribution < -0.4 is 0 Å². The van der Waals surface area contributed by atoms with E-state index in [4.69, 9.17) is 9.47 Å². The Morgan fingerprint density at radius 3 is 1.26 bits per heavy atom. The fourth-order valence-electron chi connectivity index (χ4n) is 2.89. The number of esters is 2. The summed E-state index contributed by atoms with van der Waals surface area (Å²) in [5.74, 6) is -0.961. The van der Waals surface area contributed by atoms with Gasteiger partial charge in [0.25, 0.3) is 0 Å². The highest BCUT2D eigenvalue weighted by Crippen LogP contribution is 2.20. The third-order valence-electron chi connectivity index (χ3n) is 4.98. The molecule has 0 rings (SSSR count). The first-order valence-corrected chi connectivity index (χ1v) is 11.3. The molecule has 27 heavy (non-hydrogen) atoms. The van der Waals surface area contributed by atoms with Gasteiger partial charge in [-0.3, -0.25) is 9.59 Å². The van der Waals surface area contributed by atoms with Crippen LogP contribution in [0.15, 0.2) is 0 Å². The number of hydrogen-bond donors (Lipinski definition) is 0. The summed E-state index contributed by atoms with van der Waals surface area (Å²) in [6.45, 7) is 8.27. The molecular formula is C23H44O4. The summed E-state index contributed by atoms with van der Waals surface area (Å²) in [4.78, 5) is 24.2. The minimum Gasteiger partial charge on any atom is -0.465 e. The molecule has 0 aliphatic rings. The Morgan fingerprint density at radius 1 is 0.556 bits per heavy atom. The van der Waals surface area contributed by atoms with Crippen molar-refractivity contribution in [3.8, 4) is 0 Å². The first-order valence-electron chi connectivity index (χ1n) is 11.3. The maximum absolute atomic E-state index is 12.2. The summed E-state index contributed by atoms with van der Waals surface area (Å²) in [5, 5.41) is 0. The molecule has 0 atom stereocenters. The van der Waals surface area contributed by atoms with Crippen molar-refractivity contribution in [3.05, 3.63) is 0 Å². The number of carbonyl (C=O) groups is 2. The molecule has 0 saturated heterocycles. The zero-order valence-electron chi connectivity index (χ0n) is 18.4. The molecule has 0 unspecified atom stereocenters. The van der Waals surface area contributed by atoms with Gasteiger partial charge in [0, 0.05) is 0 Å². The fraction of sp³-hybridized carbons (Fsp3) is 0.913. The second-order valence-electron chi connectivity index (χ2n) is 8.14. The average Bonchev–Trinajstić information content (AvgIpc) is 2.65. The molecule has 0 heterocycles. The zero-order chi connectivity index (χ0) is 20.4. The van der Waals surface area contributed by atoms with Gasteiger partial charge in [0.2, 0.25) is 0 Å². The molecule has 0 aliphatic carbocycles. The van der Waals surface area contributed by atoms with Gasteiger partial charge < -0.3 is 9.47 Å². The Balaban J connectivity index is 3.64. The predicted octanol–water partition coefficient (Wildman–Crippen LogP) is 6.60. The van der Waals surface area contributed by atoms with Crippen LogP contribution in [0, 0.1) is 5.41 Å². The van der Waals surface area contributed by atoms with Crippen LogP contribution >= 0.6 is 0 Å². The molecule has 0 radical (unpaired) electrons. The maximum Gasteiger partial charge on any atom is 0.322 e. The van der Waals surface area contributed by atoms with E-state index in [2.05, 4.69) is 13.8 Å². The molecule has 0 amide bonds. The van der Waals surface area contributed by atoms with E-state index in [1.807, 2.05) is 0 Å². The van der Waals surface area contributed by atoms with Crippen LogP contribution in [0.25, 0.3) is 0 Å². The molecule has 0 aliphatic heterocycles. The van der Waals surface area contributed by atoms with Crippen LogP contribution in [-0.4, -0.2) is 25.2 Å². The van der Waals surface area contributed by atoms with E-state index in [0.717, 1.165) is 32.1 Å². The molecule has 0 spiro atoms. The normalized spacial score (nSPS) is 11.4. The molecule has 4 nitrogen and oxygen atoms in total. The largest absolute Gasteiger partial charge is 0.465 e. The van der Waals surface area contributed by atoms with Crippen LogP contribution in [0.3, 0.4) is 0 Å². The Labute approximate surface area is 167 Å². The lowest BCUT2D eigenvalue weighted by Crippen LogP contribution is -2.37. The van der Waals surface area contributed by atoms with Gasteiger partial charge in [-0.25, -0.2) is 0 Å². The highest BCUT2D eigenvalue weighted by atomic mass is 16.6. The Morgan fingerprint density at radius 2 is 0.852 bits per heavy atom. The number of ether oxygens (including phenoxy) is 2. The summed E-state index contributed by atoms with van der Waals surface area (Å²) >= 11 is 0. The second-order valence-corrected chi connectivity index (χ2v) is 8.14. The van der Waals surface area contributed by atoms with E-state index in [1.165, 1.54) is 57.8 Å². The van der Waals surface area contributed by atoms with E-state index in [9.17, 15) is 9.59 Å². The number of hydrogen-bond acceptors (Lipinski definition) is 4. The summed E-state index contributed by atoms with van der Waals surface area (Å²) < 4.78 is 10.5. The van der Waals surface area contributed by atoms with Gasteiger partial charge >= 0.3 is 11.9 Å². The van der Waals surface area contributed by atoms with Crippen LogP contribution in [0.1, 0.15) is 118 Å². The minimum atomic E-state index is -1.22. The van der Waals surface area contributed by atoms with Gasteiger partial charge in [0.1, 0.15) is 0 Å². The fourth-order valence-corrected chi connectivity index (χ4v) is 2.89. The van der Waals surface area contributed by atoms with Crippen molar-refractivity contribution in [1.82, 2.24) is 0 Å². The number of carbonyl (C=O) groups excluding carboxylic acids is 2. The third kappa shape index (κ3) is 13.7. The van der Waals surface area contributed by atoms with Gasteiger partial charge in [-0.05, 0) is 26.7 Å². The number of unbranched alkanes of at least 4 members (excludes halogenated alkanes) is 12. The molecule has 0 saturated carbocycles. The Bertz CT molecular complexity index is 377. The van der Waals surface area contributed by atoms with E-state index in [-0.39, 0.29) is 0 Å². The zero-order valence-corrected chi connectivity index (χ0v) is 18.4. The lowest BCUT2D eigenvalue weighted by Gasteiger charge is -2.20. The van der Waals surface area contributed by atoms with E-state index < -0.39 is 17.4 Å². The summed E-state index contributed by atoms with van der Waals surface area (Å²) in [6, 6.07) is 0. The molecule has 4 heteroatoms. The smallest absolute Gasteiger partial charge is 0.322 e. The van der Waals surface area contributed by atoms with Crippen molar-refractivity contribution in [1.29, 1.82) is 0 Å². The van der Waals surface area contributed by atoms with E-state index >= 15 is 0 Å². The monoisotopic (exact) mass is 384 g/mol. The molecule has 0 aromatic rings. The van der Waals surface area contributed by atoms with Gasteiger partial charge in [-0.1, -0.05) is 90.9 Å². The molecule has 0 fully saturated rings. The van der Waals surface area contributed by atoms with Crippen LogP contribution in [0.2, 0.25) is 0 Å². The van der Waals surface area contributed by atoms with Gasteiger partial charge in [-0.2, -0.15) is 0 Å². The van der Waals surface area contributed by atoms with Crippen molar-refractivity contribution in [2.75, 3.05) is 13.2 Å². The standard InChI is InChI=1S/C23H44O4/c1-5-7-9-10-11-12-13-14-15-16-18-20-27-22(25)23(3,4)21(24)26-19-17-8-6-2/h5-20H2,1-4H3. The molecule has 0 aromatic heterocycles. The quantitative estimate of drug-likeness (QED) is 0.152. The average molecular weight is 385 g/mol. The van der Waals surface area contributed by atoms with Crippen LogP contribution in [0.4, 0.5) is 0 Å². The lowest BCUT2D eigenvalue weighted by atomic mass is 9.94. The Hall–Kier alpha value is -1.06. The highest BCUT2D eigenvalue weighted by Gasteiger charge is 2.39. The van der Waals surface area contributed by atoms with E-state index in [1.54, 1.807) is 13.8 Å².